The van der Waals surface area contributed by atoms with Crippen molar-refractivity contribution >= 4 is 5.97 Å². The third-order valence-corrected chi connectivity index (χ3v) is 2.80. The quantitative estimate of drug-likeness (QED) is 0.766. The molecule has 5 nitrogen and oxygen atoms in total. The highest BCUT2D eigenvalue weighted by molar-refractivity contribution is 5.75. The molecule has 1 atom stereocenters. The van der Waals surface area contributed by atoms with Crippen LogP contribution in [-0.4, -0.2) is 27.9 Å². The Kier molecular flexibility index (Phi) is 6.02. The maximum atomic E-state index is 12.0. The molecule has 0 radical (unpaired) electrons. The van der Waals surface area contributed by atoms with Crippen molar-refractivity contribution < 1.29 is 9.53 Å². The monoisotopic (exact) mass is 267 g/mol. The molecule has 1 N–H and O–H groups in total. The molecule has 0 aliphatic rings. The van der Waals surface area contributed by atoms with E-state index in [2.05, 4.69) is 24.3 Å². The molecule has 0 fully saturated rings. The van der Waals surface area contributed by atoms with E-state index in [-0.39, 0.29) is 18.1 Å². The molecule has 0 bridgehead atoms. The molecule has 0 aliphatic heterocycles. The molecule has 0 unspecified atom stereocenters. The Morgan fingerprint density at radius 1 is 1.42 bits per heavy atom. The summed E-state index contributed by atoms with van der Waals surface area (Å²) in [5.74, 6) is 0.259. The van der Waals surface area contributed by atoms with E-state index in [1.54, 1.807) is 10.9 Å². The number of esters is 1. The molecular formula is C14H25N3O2. The van der Waals surface area contributed by atoms with Gasteiger partial charge in [0.15, 0.2) is 0 Å². The number of nitrogens with zero attached hydrogens (tertiary/aromatic N) is 2. The number of aryl methyl sites for hydroxylation is 1. The van der Waals surface area contributed by atoms with E-state index in [4.69, 9.17) is 4.74 Å². The minimum Gasteiger partial charge on any atom is -0.462 e. The van der Waals surface area contributed by atoms with Crippen LogP contribution in [0.1, 0.15) is 39.8 Å². The van der Waals surface area contributed by atoms with E-state index in [1.165, 1.54) is 0 Å². The number of hydrogen-bond acceptors (Lipinski definition) is 4. The molecule has 5 heteroatoms. The number of hydrogen-bond donors (Lipinski definition) is 1. The Bertz CT molecular complexity index is 399. The van der Waals surface area contributed by atoms with E-state index in [0.717, 1.165) is 12.1 Å². The van der Waals surface area contributed by atoms with Gasteiger partial charge < -0.3 is 4.74 Å². The van der Waals surface area contributed by atoms with Gasteiger partial charge in [-0.1, -0.05) is 13.8 Å². The van der Waals surface area contributed by atoms with Crippen molar-refractivity contribution in [3.05, 3.63) is 18.0 Å². The van der Waals surface area contributed by atoms with E-state index >= 15 is 0 Å². The van der Waals surface area contributed by atoms with Crippen LogP contribution in [-0.2, 0) is 23.1 Å². The molecule has 0 aliphatic carbocycles. The highest BCUT2D eigenvalue weighted by atomic mass is 16.5. The average Bonchev–Trinajstić information content (AvgIpc) is 2.68. The van der Waals surface area contributed by atoms with Gasteiger partial charge in [0.2, 0.25) is 0 Å². The van der Waals surface area contributed by atoms with Crippen molar-refractivity contribution in [1.29, 1.82) is 0 Å². The first-order chi connectivity index (χ1) is 8.90. The van der Waals surface area contributed by atoms with Crippen molar-refractivity contribution in [2.75, 3.05) is 0 Å². The minimum atomic E-state index is -0.266. The summed E-state index contributed by atoms with van der Waals surface area (Å²) >= 11 is 0. The number of carbonyl (C=O) groups is 1. The van der Waals surface area contributed by atoms with Gasteiger partial charge in [-0.05, 0) is 32.3 Å². The lowest BCUT2D eigenvalue weighted by Gasteiger charge is -2.20. The summed E-state index contributed by atoms with van der Waals surface area (Å²) in [6, 6.07) is 1.67. The second-order valence-corrected chi connectivity index (χ2v) is 5.49. The molecule has 1 heterocycles. The Morgan fingerprint density at radius 2 is 2.11 bits per heavy atom. The van der Waals surface area contributed by atoms with Crippen LogP contribution in [0.25, 0.3) is 0 Å². The molecule has 0 aromatic carbocycles. The van der Waals surface area contributed by atoms with Crippen LogP contribution in [0.15, 0.2) is 12.3 Å². The zero-order valence-corrected chi connectivity index (χ0v) is 12.5. The average molecular weight is 267 g/mol. The van der Waals surface area contributed by atoms with Crippen LogP contribution in [0.2, 0.25) is 0 Å². The normalized spacial score (nSPS) is 13.0. The number of carbonyl (C=O) groups excluding carboxylic acids is 1. The lowest BCUT2D eigenvalue weighted by atomic mass is 10.0. The van der Waals surface area contributed by atoms with E-state index < -0.39 is 0 Å². The van der Waals surface area contributed by atoms with Crippen molar-refractivity contribution in [3.63, 3.8) is 0 Å². The molecule has 0 spiro atoms. The molecule has 1 rings (SSSR count). The van der Waals surface area contributed by atoms with Crippen LogP contribution in [0, 0.1) is 5.92 Å². The van der Waals surface area contributed by atoms with Crippen LogP contribution < -0.4 is 5.32 Å². The van der Waals surface area contributed by atoms with Crippen LogP contribution in [0.5, 0.6) is 0 Å². The predicted octanol–water partition coefficient (Wildman–Crippen LogP) is 1.88. The smallest absolute Gasteiger partial charge is 0.323 e. The number of aromatic nitrogens is 2. The van der Waals surface area contributed by atoms with Crippen LogP contribution >= 0.6 is 0 Å². The third kappa shape index (κ3) is 5.42. The van der Waals surface area contributed by atoms with Gasteiger partial charge in [-0.3, -0.25) is 14.8 Å². The summed E-state index contributed by atoms with van der Waals surface area (Å²) in [7, 11) is 1.89. The van der Waals surface area contributed by atoms with Gasteiger partial charge in [-0.25, -0.2) is 0 Å². The topological polar surface area (TPSA) is 56.2 Å². The van der Waals surface area contributed by atoms with Gasteiger partial charge in [0.25, 0.3) is 0 Å². The van der Waals surface area contributed by atoms with Crippen molar-refractivity contribution in [2.45, 2.75) is 52.8 Å². The van der Waals surface area contributed by atoms with Crippen molar-refractivity contribution in [1.82, 2.24) is 15.1 Å². The fourth-order valence-corrected chi connectivity index (χ4v) is 1.85. The van der Waals surface area contributed by atoms with E-state index in [1.807, 2.05) is 27.0 Å². The Labute approximate surface area is 115 Å². The SMILES string of the molecule is CC(C)C[C@H](NCc1ccnn1C)C(=O)OC(C)C. The Morgan fingerprint density at radius 3 is 2.58 bits per heavy atom. The van der Waals surface area contributed by atoms with Crippen molar-refractivity contribution in [2.24, 2.45) is 13.0 Å². The van der Waals surface area contributed by atoms with Gasteiger partial charge in [-0.15, -0.1) is 0 Å². The largest absolute Gasteiger partial charge is 0.462 e. The molecule has 0 amide bonds. The summed E-state index contributed by atoms with van der Waals surface area (Å²) in [5.41, 5.74) is 1.05. The zero-order chi connectivity index (χ0) is 14.4. The van der Waals surface area contributed by atoms with Gasteiger partial charge in [0, 0.05) is 19.8 Å². The maximum Gasteiger partial charge on any atom is 0.323 e. The zero-order valence-electron chi connectivity index (χ0n) is 12.5. The number of ether oxygens (including phenoxy) is 1. The Hall–Kier alpha value is -1.36. The second kappa shape index (κ2) is 7.28. The molecule has 0 saturated heterocycles. The van der Waals surface area contributed by atoms with Crippen LogP contribution in [0.4, 0.5) is 0 Å². The molecule has 1 aromatic rings. The number of rotatable bonds is 7. The molecule has 19 heavy (non-hydrogen) atoms. The summed E-state index contributed by atoms with van der Waals surface area (Å²) in [4.78, 5) is 12.0. The third-order valence-electron chi connectivity index (χ3n) is 2.80. The summed E-state index contributed by atoms with van der Waals surface area (Å²) in [6.45, 7) is 8.54. The van der Waals surface area contributed by atoms with Gasteiger partial charge in [0.1, 0.15) is 6.04 Å². The first-order valence-corrected chi connectivity index (χ1v) is 6.81. The molecule has 0 saturated carbocycles. The van der Waals surface area contributed by atoms with Crippen LogP contribution in [0.3, 0.4) is 0 Å². The molecule has 1 aromatic heterocycles. The van der Waals surface area contributed by atoms with Crippen molar-refractivity contribution in [3.8, 4) is 0 Å². The minimum absolute atomic E-state index is 0.0827. The highest BCUT2D eigenvalue weighted by Gasteiger charge is 2.22. The van der Waals surface area contributed by atoms with Gasteiger partial charge in [0.05, 0.1) is 11.8 Å². The fourth-order valence-electron chi connectivity index (χ4n) is 1.85. The molecule has 108 valence electrons. The maximum absolute atomic E-state index is 12.0. The lowest BCUT2D eigenvalue weighted by molar-refractivity contribution is -0.150. The van der Waals surface area contributed by atoms with Gasteiger partial charge >= 0.3 is 5.97 Å². The predicted molar refractivity (Wildman–Crippen MR) is 74.5 cm³/mol. The summed E-state index contributed by atoms with van der Waals surface area (Å²) in [5, 5.41) is 7.37. The molecular weight excluding hydrogens is 242 g/mol. The highest BCUT2D eigenvalue weighted by Crippen LogP contribution is 2.09. The first kappa shape index (κ1) is 15.7. The van der Waals surface area contributed by atoms with Gasteiger partial charge in [-0.2, -0.15) is 5.10 Å². The number of nitrogens with one attached hydrogen (secondary N) is 1. The first-order valence-electron chi connectivity index (χ1n) is 6.81. The summed E-state index contributed by atoms with van der Waals surface area (Å²) in [6.07, 6.45) is 2.44. The summed E-state index contributed by atoms with van der Waals surface area (Å²) < 4.78 is 7.09. The Balaban J connectivity index is 2.59. The second-order valence-electron chi connectivity index (χ2n) is 5.49. The lowest BCUT2D eigenvalue weighted by Crippen LogP contribution is -2.40. The van der Waals surface area contributed by atoms with E-state index in [9.17, 15) is 4.79 Å². The van der Waals surface area contributed by atoms with E-state index in [0.29, 0.717) is 12.5 Å². The standard InChI is InChI=1S/C14H25N3O2/c1-10(2)8-13(14(18)19-11(3)4)15-9-12-6-7-16-17(12)5/h6-7,10-11,13,15H,8-9H2,1-5H3/t13-/m0/s1. The fraction of sp³-hybridized carbons (Fsp3) is 0.714.